The molecule has 0 unspecified atom stereocenters. The SMILES string of the molecule is CCCC1(O)CN(C(=O)c2cccc(Br)c2F)C1. The maximum absolute atomic E-state index is 13.8. The molecular formula is C13H15BrFNO2. The normalized spacial score (nSPS) is 17.4. The molecule has 3 nitrogen and oxygen atoms in total. The largest absolute Gasteiger partial charge is 0.386 e. The molecule has 1 fully saturated rings. The lowest BCUT2D eigenvalue weighted by Crippen LogP contribution is -2.63. The van der Waals surface area contributed by atoms with Crippen LogP contribution in [0.3, 0.4) is 0 Å². The number of β-amino-alcohol motifs (C(OH)–C–C–N with tert-alkyl or cyclic N) is 1. The number of rotatable bonds is 3. The maximum atomic E-state index is 13.8. The molecule has 0 saturated carbocycles. The minimum atomic E-state index is -0.785. The summed E-state index contributed by atoms with van der Waals surface area (Å²) in [6.07, 6.45) is 1.53. The van der Waals surface area contributed by atoms with Crippen molar-refractivity contribution in [2.24, 2.45) is 0 Å². The number of carbonyl (C=O) groups is 1. The third-order valence-electron chi connectivity index (χ3n) is 3.15. The fraction of sp³-hybridized carbons (Fsp3) is 0.462. The smallest absolute Gasteiger partial charge is 0.257 e. The average Bonchev–Trinajstić information content (AvgIpc) is 2.29. The molecule has 1 aromatic rings. The van der Waals surface area contributed by atoms with E-state index in [1.165, 1.54) is 11.0 Å². The molecule has 5 heteroatoms. The van der Waals surface area contributed by atoms with E-state index in [2.05, 4.69) is 15.9 Å². The number of amides is 1. The van der Waals surface area contributed by atoms with Crippen LogP contribution in [0, 0.1) is 5.82 Å². The summed E-state index contributed by atoms with van der Waals surface area (Å²) in [5, 5.41) is 10.0. The third-order valence-corrected chi connectivity index (χ3v) is 3.77. The molecule has 1 aliphatic heterocycles. The van der Waals surface area contributed by atoms with Gasteiger partial charge in [0.25, 0.3) is 5.91 Å². The molecule has 0 atom stereocenters. The van der Waals surface area contributed by atoms with Gasteiger partial charge in [-0.05, 0) is 34.5 Å². The van der Waals surface area contributed by atoms with Gasteiger partial charge in [-0.1, -0.05) is 19.4 Å². The van der Waals surface area contributed by atoms with Crippen LogP contribution in [0.4, 0.5) is 4.39 Å². The molecule has 18 heavy (non-hydrogen) atoms. The highest BCUT2D eigenvalue weighted by atomic mass is 79.9. The van der Waals surface area contributed by atoms with Crippen LogP contribution in [-0.2, 0) is 0 Å². The lowest BCUT2D eigenvalue weighted by Gasteiger charge is -2.46. The summed E-state index contributed by atoms with van der Waals surface area (Å²) < 4.78 is 14.0. The lowest BCUT2D eigenvalue weighted by atomic mass is 9.88. The fourth-order valence-electron chi connectivity index (χ4n) is 2.27. The quantitative estimate of drug-likeness (QED) is 0.931. The van der Waals surface area contributed by atoms with Gasteiger partial charge >= 0.3 is 0 Å². The van der Waals surface area contributed by atoms with E-state index < -0.39 is 11.4 Å². The van der Waals surface area contributed by atoms with Gasteiger partial charge in [-0.25, -0.2) is 4.39 Å². The van der Waals surface area contributed by atoms with Gasteiger partial charge in [-0.15, -0.1) is 0 Å². The van der Waals surface area contributed by atoms with Crippen LogP contribution in [0.1, 0.15) is 30.1 Å². The molecule has 1 N–H and O–H groups in total. The van der Waals surface area contributed by atoms with Gasteiger partial charge in [-0.3, -0.25) is 4.79 Å². The van der Waals surface area contributed by atoms with Gasteiger partial charge < -0.3 is 10.0 Å². The summed E-state index contributed by atoms with van der Waals surface area (Å²) in [4.78, 5) is 13.5. The number of aliphatic hydroxyl groups is 1. The molecule has 0 aromatic heterocycles. The van der Waals surface area contributed by atoms with E-state index in [1.54, 1.807) is 12.1 Å². The first-order valence-electron chi connectivity index (χ1n) is 5.92. The van der Waals surface area contributed by atoms with Gasteiger partial charge in [0.1, 0.15) is 5.82 Å². The first kappa shape index (κ1) is 13.5. The summed E-state index contributed by atoms with van der Waals surface area (Å²) >= 11 is 3.06. The van der Waals surface area contributed by atoms with Gasteiger partial charge in [-0.2, -0.15) is 0 Å². The van der Waals surface area contributed by atoms with E-state index in [0.29, 0.717) is 6.42 Å². The van der Waals surface area contributed by atoms with E-state index in [-0.39, 0.29) is 29.0 Å². The topological polar surface area (TPSA) is 40.5 Å². The standard InChI is InChI=1S/C13H15BrFNO2/c1-2-6-13(18)7-16(8-13)12(17)9-4-3-5-10(14)11(9)15/h3-5,18H,2,6-8H2,1H3. The van der Waals surface area contributed by atoms with Gasteiger partial charge in [0, 0.05) is 0 Å². The van der Waals surface area contributed by atoms with Crippen LogP contribution in [0.25, 0.3) is 0 Å². The minimum absolute atomic E-state index is 0.0444. The van der Waals surface area contributed by atoms with E-state index in [9.17, 15) is 14.3 Å². The first-order chi connectivity index (χ1) is 8.47. The molecule has 0 radical (unpaired) electrons. The zero-order valence-electron chi connectivity index (χ0n) is 10.1. The van der Waals surface area contributed by atoms with E-state index in [4.69, 9.17) is 0 Å². The maximum Gasteiger partial charge on any atom is 0.257 e. The molecule has 1 saturated heterocycles. The number of hydrogen-bond acceptors (Lipinski definition) is 2. The Morgan fingerprint density at radius 2 is 2.22 bits per heavy atom. The lowest BCUT2D eigenvalue weighted by molar-refractivity contribution is -0.0861. The second-order valence-electron chi connectivity index (χ2n) is 4.74. The van der Waals surface area contributed by atoms with E-state index >= 15 is 0 Å². The van der Waals surface area contributed by atoms with E-state index in [1.807, 2.05) is 6.92 Å². The Kier molecular flexibility index (Phi) is 3.73. The van der Waals surface area contributed by atoms with Crippen molar-refractivity contribution in [1.82, 2.24) is 4.90 Å². The highest BCUT2D eigenvalue weighted by Gasteiger charge is 2.43. The number of carbonyl (C=O) groups excluding carboxylic acids is 1. The summed E-state index contributed by atoms with van der Waals surface area (Å²) in [7, 11) is 0. The highest BCUT2D eigenvalue weighted by Crippen LogP contribution is 2.28. The average molecular weight is 316 g/mol. The molecule has 1 heterocycles. The minimum Gasteiger partial charge on any atom is -0.386 e. The first-order valence-corrected chi connectivity index (χ1v) is 6.72. The Morgan fingerprint density at radius 3 is 2.83 bits per heavy atom. The van der Waals surface area contributed by atoms with Crippen LogP contribution in [0.2, 0.25) is 0 Å². The molecule has 0 spiro atoms. The van der Waals surface area contributed by atoms with Crippen LogP contribution in [0.15, 0.2) is 22.7 Å². The molecule has 0 aliphatic carbocycles. The molecule has 1 aliphatic rings. The third kappa shape index (κ3) is 2.42. The summed E-state index contributed by atoms with van der Waals surface area (Å²) in [5.41, 5.74) is -0.740. The predicted octanol–water partition coefficient (Wildman–Crippen LogP) is 2.58. The number of likely N-dealkylation sites (tertiary alicyclic amines) is 1. The molecule has 98 valence electrons. The Labute approximate surface area is 114 Å². The van der Waals surface area contributed by atoms with Gasteiger partial charge in [0.2, 0.25) is 0 Å². The van der Waals surface area contributed by atoms with Crippen LogP contribution < -0.4 is 0 Å². The number of benzene rings is 1. The molecule has 2 rings (SSSR count). The number of hydrogen-bond donors (Lipinski definition) is 1. The predicted molar refractivity (Wildman–Crippen MR) is 69.9 cm³/mol. The van der Waals surface area contributed by atoms with Crippen molar-refractivity contribution < 1.29 is 14.3 Å². The summed E-state index contributed by atoms with van der Waals surface area (Å²) in [6.45, 7) is 2.55. The zero-order valence-corrected chi connectivity index (χ0v) is 11.7. The van der Waals surface area contributed by atoms with Crippen molar-refractivity contribution in [3.8, 4) is 0 Å². The Morgan fingerprint density at radius 1 is 1.56 bits per heavy atom. The Hall–Kier alpha value is -0.940. The van der Waals surface area contributed by atoms with Crippen molar-refractivity contribution in [3.05, 3.63) is 34.1 Å². The summed E-state index contributed by atoms with van der Waals surface area (Å²) in [6, 6.07) is 4.63. The second-order valence-corrected chi connectivity index (χ2v) is 5.59. The van der Waals surface area contributed by atoms with Gasteiger partial charge in [0.05, 0.1) is 28.7 Å². The molecular weight excluding hydrogens is 301 g/mol. The van der Waals surface area contributed by atoms with Crippen molar-refractivity contribution in [3.63, 3.8) is 0 Å². The van der Waals surface area contributed by atoms with Crippen LogP contribution >= 0.6 is 15.9 Å². The molecule has 0 bridgehead atoms. The van der Waals surface area contributed by atoms with Crippen molar-refractivity contribution in [1.29, 1.82) is 0 Å². The second kappa shape index (κ2) is 4.97. The number of halogens is 2. The molecule has 1 amide bonds. The van der Waals surface area contributed by atoms with Gasteiger partial charge in [0.15, 0.2) is 0 Å². The van der Waals surface area contributed by atoms with E-state index in [0.717, 1.165) is 6.42 Å². The van der Waals surface area contributed by atoms with Crippen molar-refractivity contribution in [2.45, 2.75) is 25.4 Å². The zero-order chi connectivity index (χ0) is 13.3. The summed E-state index contributed by atoms with van der Waals surface area (Å²) in [5.74, 6) is -0.914. The molecule has 1 aromatic carbocycles. The monoisotopic (exact) mass is 315 g/mol. The Balaban J connectivity index is 2.08. The van der Waals surface area contributed by atoms with Crippen molar-refractivity contribution in [2.75, 3.05) is 13.1 Å². The van der Waals surface area contributed by atoms with Crippen LogP contribution in [-0.4, -0.2) is 34.6 Å². The van der Waals surface area contributed by atoms with Crippen molar-refractivity contribution >= 4 is 21.8 Å². The van der Waals surface area contributed by atoms with Crippen LogP contribution in [0.5, 0.6) is 0 Å². The number of nitrogens with zero attached hydrogens (tertiary/aromatic N) is 1. The Bertz CT molecular complexity index is 472. The highest BCUT2D eigenvalue weighted by molar-refractivity contribution is 9.10. The fourth-order valence-corrected chi connectivity index (χ4v) is 2.64.